The molecule has 0 radical (unpaired) electrons. The number of hydrazone groups is 1. The standard InChI is InChI=1S/C18H15N3O4S/c1-11-7-12(3-5-15(11)25-2)10-19-20-18(22)17-9-13-8-14(21(23)24)4-6-16(13)26-17/h3-10H,1-2H3,(H,20,22)/b19-10-. The van der Waals surface area contributed by atoms with E-state index in [4.69, 9.17) is 4.74 Å². The number of nitro groups is 1. The van der Waals surface area contributed by atoms with Gasteiger partial charge in [0.2, 0.25) is 0 Å². The van der Waals surface area contributed by atoms with E-state index >= 15 is 0 Å². The van der Waals surface area contributed by atoms with Crippen molar-refractivity contribution in [2.24, 2.45) is 5.10 Å². The van der Waals surface area contributed by atoms with Crippen LogP contribution >= 0.6 is 11.3 Å². The van der Waals surface area contributed by atoms with Crippen LogP contribution in [0.15, 0.2) is 47.6 Å². The summed E-state index contributed by atoms with van der Waals surface area (Å²) in [6.07, 6.45) is 1.54. The van der Waals surface area contributed by atoms with Crippen LogP contribution < -0.4 is 10.2 Å². The molecule has 8 heteroatoms. The Bertz CT molecular complexity index is 1030. The van der Waals surface area contributed by atoms with Crippen LogP contribution in [0, 0.1) is 17.0 Å². The highest BCUT2D eigenvalue weighted by molar-refractivity contribution is 7.20. The molecule has 0 fully saturated rings. The van der Waals surface area contributed by atoms with Gasteiger partial charge in [-0.2, -0.15) is 5.10 Å². The molecule has 1 aromatic heterocycles. The monoisotopic (exact) mass is 369 g/mol. The van der Waals surface area contributed by atoms with Crippen LogP contribution in [0.5, 0.6) is 5.75 Å². The lowest BCUT2D eigenvalue weighted by Crippen LogP contribution is -2.16. The van der Waals surface area contributed by atoms with Gasteiger partial charge < -0.3 is 4.74 Å². The molecule has 0 bridgehead atoms. The smallest absolute Gasteiger partial charge is 0.281 e. The summed E-state index contributed by atoms with van der Waals surface area (Å²) in [7, 11) is 1.61. The van der Waals surface area contributed by atoms with Gasteiger partial charge in [-0.1, -0.05) is 0 Å². The normalized spacial score (nSPS) is 11.0. The number of nitro benzene ring substituents is 1. The zero-order valence-electron chi connectivity index (χ0n) is 14.1. The van der Waals surface area contributed by atoms with Gasteiger partial charge in [-0.25, -0.2) is 5.43 Å². The van der Waals surface area contributed by atoms with Gasteiger partial charge in [-0.05, 0) is 48.4 Å². The molecule has 0 aliphatic carbocycles. The number of fused-ring (bicyclic) bond motifs is 1. The number of hydrogen-bond donors (Lipinski definition) is 1. The largest absolute Gasteiger partial charge is 0.496 e. The number of nitrogens with one attached hydrogen (secondary N) is 1. The first-order valence-electron chi connectivity index (χ1n) is 7.64. The van der Waals surface area contributed by atoms with Gasteiger partial charge in [-0.15, -0.1) is 11.3 Å². The quantitative estimate of drug-likeness (QED) is 0.419. The molecule has 1 N–H and O–H groups in total. The number of nitrogens with zero attached hydrogens (tertiary/aromatic N) is 2. The number of carbonyl (C=O) groups excluding carboxylic acids is 1. The van der Waals surface area contributed by atoms with Crippen LogP contribution in [0.4, 0.5) is 5.69 Å². The number of non-ortho nitro benzene ring substituents is 1. The van der Waals surface area contributed by atoms with Gasteiger partial charge in [0.15, 0.2) is 0 Å². The summed E-state index contributed by atoms with van der Waals surface area (Å²) in [6.45, 7) is 1.92. The molecule has 1 heterocycles. The zero-order chi connectivity index (χ0) is 18.7. The van der Waals surface area contributed by atoms with Crippen LogP contribution in [0.2, 0.25) is 0 Å². The fraction of sp³-hybridized carbons (Fsp3) is 0.111. The Kier molecular flexibility index (Phi) is 4.94. The molecule has 0 aliphatic rings. The molecule has 3 aromatic rings. The molecule has 7 nitrogen and oxygen atoms in total. The van der Waals surface area contributed by atoms with Gasteiger partial charge in [0.1, 0.15) is 5.75 Å². The van der Waals surface area contributed by atoms with Crippen LogP contribution in [0.25, 0.3) is 10.1 Å². The molecule has 0 unspecified atom stereocenters. The summed E-state index contributed by atoms with van der Waals surface area (Å²) < 4.78 is 6.00. The highest BCUT2D eigenvalue weighted by atomic mass is 32.1. The number of methoxy groups -OCH3 is 1. The van der Waals surface area contributed by atoms with Crippen LogP contribution in [-0.2, 0) is 0 Å². The van der Waals surface area contributed by atoms with Crippen molar-refractivity contribution in [3.63, 3.8) is 0 Å². The molecule has 0 spiro atoms. The summed E-state index contributed by atoms with van der Waals surface area (Å²) in [5.74, 6) is 0.417. The molecule has 1 amide bonds. The predicted octanol–water partition coefficient (Wildman–Crippen LogP) is 3.89. The number of aryl methyl sites for hydroxylation is 1. The Morgan fingerprint density at radius 3 is 2.77 bits per heavy atom. The first-order valence-corrected chi connectivity index (χ1v) is 8.45. The molecule has 0 aliphatic heterocycles. The van der Waals surface area contributed by atoms with E-state index in [1.807, 2.05) is 25.1 Å². The number of amides is 1. The van der Waals surface area contributed by atoms with E-state index in [9.17, 15) is 14.9 Å². The fourth-order valence-corrected chi connectivity index (χ4v) is 3.39. The molecule has 0 saturated carbocycles. The number of thiophene rings is 1. The number of rotatable bonds is 5. The van der Waals surface area contributed by atoms with Gasteiger partial charge in [0.25, 0.3) is 11.6 Å². The van der Waals surface area contributed by atoms with Gasteiger partial charge in [-0.3, -0.25) is 14.9 Å². The Morgan fingerprint density at radius 2 is 2.08 bits per heavy atom. The maximum absolute atomic E-state index is 12.2. The number of carbonyl (C=O) groups is 1. The summed E-state index contributed by atoms with van der Waals surface area (Å²) in [6, 6.07) is 11.7. The van der Waals surface area contributed by atoms with E-state index in [1.54, 1.807) is 25.5 Å². The van der Waals surface area contributed by atoms with Crippen molar-refractivity contribution in [2.45, 2.75) is 6.92 Å². The Balaban J connectivity index is 1.72. The second kappa shape index (κ2) is 7.32. The summed E-state index contributed by atoms with van der Waals surface area (Å²) in [5, 5.41) is 15.4. The van der Waals surface area contributed by atoms with Crippen LogP contribution in [-0.4, -0.2) is 24.2 Å². The average Bonchev–Trinajstić information content (AvgIpc) is 3.05. The van der Waals surface area contributed by atoms with E-state index in [0.29, 0.717) is 10.3 Å². The average molecular weight is 369 g/mol. The summed E-state index contributed by atoms with van der Waals surface area (Å²) in [4.78, 5) is 23.0. The van der Waals surface area contributed by atoms with Crippen LogP contribution in [0.3, 0.4) is 0 Å². The third-order valence-electron chi connectivity index (χ3n) is 3.73. The molecule has 0 saturated heterocycles. The van der Waals surface area contributed by atoms with E-state index < -0.39 is 4.92 Å². The van der Waals surface area contributed by atoms with Gasteiger partial charge in [0, 0.05) is 22.2 Å². The lowest BCUT2D eigenvalue weighted by molar-refractivity contribution is -0.384. The second-order valence-corrected chi connectivity index (χ2v) is 6.60. The second-order valence-electron chi connectivity index (χ2n) is 5.52. The SMILES string of the molecule is COc1ccc(/C=N\NC(=O)c2cc3cc([N+](=O)[O-])ccc3s2)cc1C. The highest BCUT2D eigenvalue weighted by Gasteiger charge is 2.12. The van der Waals surface area contributed by atoms with E-state index in [0.717, 1.165) is 21.6 Å². The molecular weight excluding hydrogens is 354 g/mol. The maximum Gasteiger partial charge on any atom is 0.281 e. The first-order chi connectivity index (χ1) is 12.5. The third kappa shape index (κ3) is 3.70. The number of benzene rings is 2. The van der Waals surface area contributed by atoms with Crippen molar-refractivity contribution < 1.29 is 14.5 Å². The molecule has 3 rings (SSSR count). The van der Waals surface area contributed by atoms with Gasteiger partial charge in [0.05, 0.1) is 23.1 Å². The van der Waals surface area contributed by atoms with E-state index in [2.05, 4.69) is 10.5 Å². The van der Waals surface area contributed by atoms with Gasteiger partial charge >= 0.3 is 0 Å². The highest BCUT2D eigenvalue weighted by Crippen LogP contribution is 2.28. The lowest BCUT2D eigenvalue weighted by atomic mass is 10.1. The number of ether oxygens (including phenoxy) is 1. The third-order valence-corrected chi connectivity index (χ3v) is 4.85. The van der Waals surface area contributed by atoms with Crippen molar-refractivity contribution >= 4 is 39.2 Å². The van der Waals surface area contributed by atoms with E-state index in [-0.39, 0.29) is 11.6 Å². The summed E-state index contributed by atoms with van der Waals surface area (Å²) >= 11 is 1.25. The molecule has 0 atom stereocenters. The van der Waals surface area contributed by atoms with Crippen molar-refractivity contribution in [1.29, 1.82) is 0 Å². The Morgan fingerprint density at radius 1 is 1.27 bits per heavy atom. The predicted molar refractivity (Wildman–Crippen MR) is 101 cm³/mol. The molecule has 26 heavy (non-hydrogen) atoms. The van der Waals surface area contributed by atoms with Crippen molar-refractivity contribution in [3.05, 3.63) is 68.6 Å². The molecule has 132 valence electrons. The fourth-order valence-electron chi connectivity index (χ4n) is 2.46. The lowest BCUT2D eigenvalue weighted by Gasteiger charge is -2.04. The minimum atomic E-state index is -0.460. The van der Waals surface area contributed by atoms with Crippen molar-refractivity contribution in [3.8, 4) is 5.75 Å². The minimum Gasteiger partial charge on any atom is -0.496 e. The van der Waals surface area contributed by atoms with Crippen molar-refractivity contribution in [1.82, 2.24) is 5.43 Å². The van der Waals surface area contributed by atoms with Crippen molar-refractivity contribution in [2.75, 3.05) is 7.11 Å². The number of hydrogen-bond acceptors (Lipinski definition) is 6. The van der Waals surface area contributed by atoms with E-state index in [1.165, 1.54) is 23.5 Å². The molecule has 2 aromatic carbocycles. The topological polar surface area (TPSA) is 93.8 Å². The Labute approximate surface area is 153 Å². The zero-order valence-corrected chi connectivity index (χ0v) is 14.9. The Hall–Kier alpha value is -3.26. The first kappa shape index (κ1) is 17.6. The molecular formula is C18H15N3O4S. The summed E-state index contributed by atoms with van der Waals surface area (Å²) in [5.41, 5.74) is 4.26. The van der Waals surface area contributed by atoms with Crippen LogP contribution in [0.1, 0.15) is 20.8 Å². The minimum absolute atomic E-state index is 0.00449. The maximum atomic E-state index is 12.2.